The number of hydrogen-bond donors (Lipinski definition) is 1. The Kier molecular flexibility index (Phi) is 4.51. The average molecular weight is 365 g/mol. The maximum Gasteiger partial charge on any atom is 0.139 e. The number of rotatable bonds is 4. The standard InChI is InChI=1S/C21H21ClN4/c1-14-11-16-7-4-6-10-19(16)26(14)21-12-20(24-15(2)25-21)23-13-17-8-3-5-9-18(17)22/h3-10,12,14H,11,13H2,1-2H3,(H,23,24,25). The number of hydrogen-bond acceptors (Lipinski definition) is 4. The van der Waals surface area contributed by atoms with Gasteiger partial charge in [-0.15, -0.1) is 0 Å². The molecule has 3 aromatic rings. The van der Waals surface area contributed by atoms with Crippen LogP contribution in [-0.4, -0.2) is 16.0 Å². The minimum absolute atomic E-state index is 0.373. The van der Waals surface area contributed by atoms with Crippen LogP contribution in [0.1, 0.15) is 23.9 Å². The molecular weight excluding hydrogens is 344 g/mol. The van der Waals surface area contributed by atoms with Gasteiger partial charge in [0.05, 0.1) is 0 Å². The van der Waals surface area contributed by atoms with Crippen molar-refractivity contribution >= 4 is 28.9 Å². The Morgan fingerprint density at radius 3 is 2.73 bits per heavy atom. The highest BCUT2D eigenvalue weighted by molar-refractivity contribution is 6.31. The summed E-state index contributed by atoms with van der Waals surface area (Å²) in [6, 6.07) is 18.8. The molecule has 2 heterocycles. The molecule has 26 heavy (non-hydrogen) atoms. The van der Waals surface area contributed by atoms with E-state index in [1.54, 1.807) is 0 Å². The predicted octanol–water partition coefficient (Wildman–Crippen LogP) is 5.13. The van der Waals surface area contributed by atoms with Crippen molar-refractivity contribution in [3.05, 3.63) is 76.6 Å². The van der Waals surface area contributed by atoms with Crippen molar-refractivity contribution in [3.8, 4) is 0 Å². The van der Waals surface area contributed by atoms with Gasteiger partial charge >= 0.3 is 0 Å². The van der Waals surface area contributed by atoms with E-state index in [1.807, 2.05) is 37.3 Å². The molecule has 1 aliphatic rings. The maximum absolute atomic E-state index is 6.25. The third-order valence-corrected chi connectivity index (χ3v) is 5.07. The zero-order valence-corrected chi connectivity index (χ0v) is 15.7. The summed E-state index contributed by atoms with van der Waals surface area (Å²) >= 11 is 6.25. The molecule has 0 fully saturated rings. The van der Waals surface area contributed by atoms with E-state index in [9.17, 15) is 0 Å². The first kappa shape index (κ1) is 16.9. The van der Waals surface area contributed by atoms with Crippen molar-refractivity contribution in [2.24, 2.45) is 0 Å². The SMILES string of the molecule is Cc1nc(NCc2ccccc2Cl)cc(N2c3ccccc3CC2C)n1. The molecule has 0 spiro atoms. The Morgan fingerprint density at radius 2 is 1.88 bits per heavy atom. The van der Waals surface area contributed by atoms with Crippen LogP contribution in [0.15, 0.2) is 54.6 Å². The van der Waals surface area contributed by atoms with Crippen LogP contribution in [0, 0.1) is 6.92 Å². The van der Waals surface area contributed by atoms with E-state index >= 15 is 0 Å². The Balaban J connectivity index is 1.62. The lowest BCUT2D eigenvalue weighted by atomic mass is 10.1. The lowest BCUT2D eigenvalue weighted by Gasteiger charge is -2.24. The fourth-order valence-corrected chi connectivity index (χ4v) is 3.71. The van der Waals surface area contributed by atoms with Crippen LogP contribution in [0.3, 0.4) is 0 Å². The summed E-state index contributed by atoms with van der Waals surface area (Å²) in [4.78, 5) is 11.5. The van der Waals surface area contributed by atoms with Crippen LogP contribution in [-0.2, 0) is 13.0 Å². The van der Waals surface area contributed by atoms with Gasteiger partial charge in [0, 0.05) is 29.4 Å². The molecular formula is C21H21ClN4. The topological polar surface area (TPSA) is 41.1 Å². The number of fused-ring (bicyclic) bond motifs is 1. The van der Waals surface area contributed by atoms with E-state index in [0.29, 0.717) is 12.6 Å². The highest BCUT2D eigenvalue weighted by Gasteiger charge is 2.28. The molecule has 1 atom stereocenters. The molecule has 5 heteroatoms. The second-order valence-electron chi connectivity index (χ2n) is 6.66. The van der Waals surface area contributed by atoms with Crippen molar-refractivity contribution < 1.29 is 0 Å². The summed E-state index contributed by atoms with van der Waals surface area (Å²) in [6.45, 7) is 4.78. The quantitative estimate of drug-likeness (QED) is 0.696. The Bertz CT molecular complexity index is 941. The molecule has 4 rings (SSSR count). The minimum Gasteiger partial charge on any atom is -0.366 e. The number of aromatic nitrogens is 2. The molecule has 1 aromatic heterocycles. The molecule has 0 saturated carbocycles. The molecule has 132 valence electrons. The summed E-state index contributed by atoms with van der Waals surface area (Å²) in [6.07, 6.45) is 1.03. The number of aryl methyl sites for hydroxylation is 1. The van der Waals surface area contributed by atoms with E-state index in [-0.39, 0.29) is 0 Å². The van der Waals surface area contributed by atoms with Gasteiger partial charge in [-0.3, -0.25) is 0 Å². The average Bonchev–Trinajstić information content (AvgIpc) is 2.96. The number of anilines is 3. The van der Waals surface area contributed by atoms with Gasteiger partial charge in [-0.1, -0.05) is 48.0 Å². The first-order valence-electron chi connectivity index (χ1n) is 8.82. The molecule has 0 bridgehead atoms. The van der Waals surface area contributed by atoms with Crippen LogP contribution in [0.2, 0.25) is 5.02 Å². The van der Waals surface area contributed by atoms with Gasteiger partial charge in [-0.05, 0) is 43.5 Å². The minimum atomic E-state index is 0.373. The van der Waals surface area contributed by atoms with Crippen LogP contribution in [0.5, 0.6) is 0 Å². The fourth-order valence-electron chi connectivity index (χ4n) is 3.51. The molecule has 0 saturated heterocycles. The first-order valence-corrected chi connectivity index (χ1v) is 9.20. The number of halogens is 1. The second-order valence-corrected chi connectivity index (χ2v) is 7.06. The fraction of sp³-hybridized carbons (Fsp3) is 0.238. The van der Waals surface area contributed by atoms with Gasteiger partial charge < -0.3 is 10.2 Å². The van der Waals surface area contributed by atoms with Crippen molar-refractivity contribution in [2.45, 2.75) is 32.9 Å². The van der Waals surface area contributed by atoms with E-state index in [2.05, 4.69) is 51.4 Å². The van der Waals surface area contributed by atoms with Crippen molar-refractivity contribution in [1.82, 2.24) is 9.97 Å². The third-order valence-electron chi connectivity index (χ3n) is 4.70. The van der Waals surface area contributed by atoms with Crippen molar-refractivity contribution in [2.75, 3.05) is 10.2 Å². The van der Waals surface area contributed by atoms with Gasteiger partial charge in [-0.2, -0.15) is 0 Å². The van der Waals surface area contributed by atoms with Crippen LogP contribution in [0.25, 0.3) is 0 Å². The molecule has 1 N–H and O–H groups in total. The van der Waals surface area contributed by atoms with Crippen LogP contribution in [0.4, 0.5) is 17.3 Å². The summed E-state index contributed by atoms with van der Waals surface area (Å²) in [5, 5.41) is 4.14. The van der Waals surface area contributed by atoms with Crippen molar-refractivity contribution in [3.63, 3.8) is 0 Å². The molecule has 0 amide bonds. The largest absolute Gasteiger partial charge is 0.366 e. The van der Waals surface area contributed by atoms with Crippen LogP contribution < -0.4 is 10.2 Å². The van der Waals surface area contributed by atoms with Gasteiger partial charge in [-0.25, -0.2) is 9.97 Å². The molecule has 2 aromatic carbocycles. The van der Waals surface area contributed by atoms with Gasteiger partial charge in [0.2, 0.25) is 0 Å². The molecule has 0 aliphatic carbocycles. The molecule has 1 aliphatic heterocycles. The molecule has 4 nitrogen and oxygen atoms in total. The van der Waals surface area contributed by atoms with Crippen molar-refractivity contribution in [1.29, 1.82) is 0 Å². The van der Waals surface area contributed by atoms with E-state index in [4.69, 9.17) is 11.6 Å². The Labute approximate surface area is 158 Å². The number of para-hydroxylation sites is 1. The summed E-state index contributed by atoms with van der Waals surface area (Å²) < 4.78 is 0. The highest BCUT2D eigenvalue weighted by atomic mass is 35.5. The Hall–Kier alpha value is -2.59. The smallest absolute Gasteiger partial charge is 0.139 e. The normalized spacial score (nSPS) is 15.8. The number of benzene rings is 2. The lowest BCUT2D eigenvalue weighted by molar-refractivity contribution is 0.747. The maximum atomic E-state index is 6.25. The first-order chi connectivity index (χ1) is 12.6. The monoisotopic (exact) mass is 364 g/mol. The lowest BCUT2D eigenvalue weighted by Crippen LogP contribution is -2.25. The summed E-state index contributed by atoms with van der Waals surface area (Å²) in [5.74, 6) is 2.49. The Morgan fingerprint density at radius 1 is 1.12 bits per heavy atom. The highest BCUT2D eigenvalue weighted by Crippen LogP contribution is 2.37. The third kappa shape index (κ3) is 3.25. The molecule has 1 unspecified atom stereocenters. The second kappa shape index (κ2) is 6.96. The summed E-state index contributed by atoms with van der Waals surface area (Å²) in [7, 11) is 0. The number of nitrogens with one attached hydrogen (secondary N) is 1. The zero-order valence-electron chi connectivity index (χ0n) is 14.9. The van der Waals surface area contributed by atoms with E-state index in [1.165, 1.54) is 11.3 Å². The summed E-state index contributed by atoms with van der Waals surface area (Å²) in [5.41, 5.74) is 3.64. The van der Waals surface area contributed by atoms with Gasteiger partial charge in [0.1, 0.15) is 17.5 Å². The molecule has 0 radical (unpaired) electrons. The van der Waals surface area contributed by atoms with Gasteiger partial charge in [0.25, 0.3) is 0 Å². The zero-order chi connectivity index (χ0) is 18.1. The van der Waals surface area contributed by atoms with Gasteiger partial charge in [0.15, 0.2) is 0 Å². The number of nitrogens with zero attached hydrogens (tertiary/aromatic N) is 3. The predicted molar refractivity (Wildman–Crippen MR) is 107 cm³/mol. The van der Waals surface area contributed by atoms with E-state index in [0.717, 1.165) is 34.5 Å². The van der Waals surface area contributed by atoms with E-state index < -0.39 is 0 Å². The van der Waals surface area contributed by atoms with Crippen LogP contribution >= 0.6 is 11.6 Å².